The number of aryl methyl sites for hydroxylation is 2. The first-order valence-corrected chi connectivity index (χ1v) is 8.52. The second-order valence-corrected chi connectivity index (χ2v) is 6.85. The Kier molecular flexibility index (Phi) is 5.31. The van der Waals surface area contributed by atoms with Crippen LogP contribution in [0.1, 0.15) is 17.5 Å². The van der Waals surface area contributed by atoms with Crippen molar-refractivity contribution in [2.75, 3.05) is 0 Å². The quantitative estimate of drug-likeness (QED) is 0.891. The lowest BCUT2D eigenvalue weighted by Crippen LogP contribution is -2.34. The Labute approximate surface area is 131 Å². The first kappa shape index (κ1) is 16.2. The summed E-state index contributed by atoms with van der Waals surface area (Å²) in [6.45, 7) is 1.89. The fraction of sp³-hybridized carbons (Fsp3) is 0.235. The van der Waals surface area contributed by atoms with Gasteiger partial charge in [0.2, 0.25) is 10.0 Å². The molecule has 2 rings (SSSR count). The van der Waals surface area contributed by atoms with E-state index < -0.39 is 16.1 Å². The predicted molar refractivity (Wildman–Crippen MR) is 85.7 cm³/mol. The van der Waals surface area contributed by atoms with E-state index in [1.165, 1.54) is 0 Å². The van der Waals surface area contributed by atoms with Gasteiger partial charge in [-0.2, -0.15) is 9.98 Å². The van der Waals surface area contributed by atoms with Gasteiger partial charge in [0.05, 0.1) is 11.0 Å². The first-order chi connectivity index (χ1) is 10.5. The first-order valence-electron chi connectivity index (χ1n) is 7.04. The van der Waals surface area contributed by atoms with Crippen LogP contribution < -0.4 is 4.72 Å². The SMILES string of the molecule is Cc1ccc(S(=O)(=O)NC(C#N)CCc2ccccc2)cc1. The molecule has 0 saturated heterocycles. The Morgan fingerprint density at radius 3 is 2.32 bits per heavy atom. The zero-order chi connectivity index (χ0) is 16.0. The summed E-state index contributed by atoms with van der Waals surface area (Å²) < 4.78 is 27.0. The number of nitrogens with zero attached hydrogens (tertiary/aromatic N) is 1. The molecule has 0 spiro atoms. The van der Waals surface area contributed by atoms with Gasteiger partial charge in [0.25, 0.3) is 0 Å². The molecule has 0 saturated carbocycles. The molecular weight excluding hydrogens is 296 g/mol. The molecule has 0 heterocycles. The minimum absolute atomic E-state index is 0.179. The van der Waals surface area contributed by atoms with Gasteiger partial charge in [0.1, 0.15) is 6.04 Å². The maximum Gasteiger partial charge on any atom is 0.241 e. The number of hydrogen-bond acceptors (Lipinski definition) is 3. The zero-order valence-electron chi connectivity index (χ0n) is 12.4. The standard InChI is InChI=1S/C17H18N2O2S/c1-14-7-11-17(12-8-14)22(20,21)19-16(13-18)10-9-15-5-3-2-4-6-15/h2-8,11-12,16,19H,9-10H2,1H3. The lowest BCUT2D eigenvalue weighted by atomic mass is 10.1. The van der Waals surface area contributed by atoms with E-state index in [0.29, 0.717) is 12.8 Å². The van der Waals surface area contributed by atoms with Gasteiger partial charge in [-0.3, -0.25) is 0 Å². The van der Waals surface area contributed by atoms with E-state index >= 15 is 0 Å². The molecule has 0 amide bonds. The van der Waals surface area contributed by atoms with Crippen LogP contribution in [0.3, 0.4) is 0 Å². The Morgan fingerprint density at radius 1 is 1.09 bits per heavy atom. The fourth-order valence-electron chi connectivity index (χ4n) is 2.08. The van der Waals surface area contributed by atoms with Crippen LogP contribution in [0.15, 0.2) is 59.5 Å². The van der Waals surface area contributed by atoms with E-state index in [-0.39, 0.29) is 4.90 Å². The summed E-state index contributed by atoms with van der Waals surface area (Å²) in [5.74, 6) is 0. The number of hydrogen-bond donors (Lipinski definition) is 1. The molecule has 2 aromatic carbocycles. The summed E-state index contributed by atoms with van der Waals surface area (Å²) in [6.07, 6.45) is 1.08. The van der Waals surface area contributed by atoms with Gasteiger partial charge in [-0.25, -0.2) is 8.42 Å². The van der Waals surface area contributed by atoms with E-state index in [1.807, 2.05) is 43.3 Å². The van der Waals surface area contributed by atoms with E-state index in [0.717, 1.165) is 11.1 Å². The largest absolute Gasteiger partial charge is 0.241 e. The molecule has 22 heavy (non-hydrogen) atoms. The molecule has 114 valence electrons. The molecule has 0 aliphatic carbocycles. The topological polar surface area (TPSA) is 70.0 Å². The normalized spacial score (nSPS) is 12.5. The number of sulfonamides is 1. The smallest absolute Gasteiger partial charge is 0.207 e. The van der Waals surface area contributed by atoms with Crippen molar-refractivity contribution in [2.24, 2.45) is 0 Å². The highest BCUT2D eigenvalue weighted by Gasteiger charge is 2.19. The Bertz CT molecular complexity index is 747. The Hall–Kier alpha value is -2.16. The number of rotatable bonds is 6. The van der Waals surface area contributed by atoms with Gasteiger partial charge in [-0.1, -0.05) is 48.0 Å². The van der Waals surface area contributed by atoms with Crippen LogP contribution in [0, 0.1) is 18.3 Å². The molecule has 1 unspecified atom stereocenters. The molecule has 1 N–H and O–H groups in total. The second kappa shape index (κ2) is 7.21. The van der Waals surface area contributed by atoms with E-state index in [9.17, 15) is 13.7 Å². The van der Waals surface area contributed by atoms with Crippen LogP contribution in [-0.2, 0) is 16.4 Å². The fourth-order valence-corrected chi connectivity index (χ4v) is 3.25. The molecule has 1 atom stereocenters. The van der Waals surface area contributed by atoms with Gasteiger partial charge in [-0.15, -0.1) is 0 Å². The summed E-state index contributed by atoms with van der Waals surface area (Å²) >= 11 is 0. The molecule has 0 aromatic heterocycles. The predicted octanol–water partition coefficient (Wildman–Crippen LogP) is 2.80. The Balaban J connectivity index is 2.03. The molecule has 0 radical (unpaired) electrons. The van der Waals surface area contributed by atoms with Crippen molar-refractivity contribution in [1.29, 1.82) is 5.26 Å². The number of nitrogens with one attached hydrogen (secondary N) is 1. The maximum absolute atomic E-state index is 12.3. The van der Waals surface area contributed by atoms with E-state index in [1.54, 1.807) is 24.3 Å². The van der Waals surface area contributed by atoms with Gasteiger partial charge in [0, 0.05) is 0 Å². The van der Waals surface area contributed by atoms with Crippen molar-refractivity contribution >= 4 is 10.0 Å². The third-order valence-electron chi connectivity index (χ3n) is 3.35. The third-order valence-corrected chi connectivity index (χ3v) is 4.84. The van der Waals surface area contributed by atoms with Gasteiger partial charge >= 0.3 is 0 Å². The van der Waals surface area contributed by atoms with Gasteiger partial charge in [-0.05, 0) is 37.5 Å². The highest BCUT2D eigenvalue weighted by atomic mass is 32.2. The van der Waals surface area contributed by atoms with Crippen molar-refractivity contribution < 1.29 is 8.42 Å². The van der Waals surface area contributed by atoms with Crippen molar-refractivity contribution in [3.63, 3.8) is 0 Å². The maximum atomic E-state index is 12.3. The van der Waals surface area contributed by atoms with Crippen LogP contribution >= 0.6 is 0 Å². The van der Waals surface area contributed by atoms with Crippen LogP contribution in [-0.4, -0.2) is 14.5 Å². The molecule has 0 bridgehead atoms. The van der Waals surface area contributed by atoms with Crippen molar-refractivity contribution in [3.8, 4) is 6.07 Å². The molecule has 0 fully saturated rings. The summed E-state index contributed by atoms with van der Waals surface area (Å²) in [7, 11) is -3.67. The highest BCUT2D eigenvalue weighted by Crippen LogP contribution is 2.12. The third kappa shape index (κ3) is 4.42. The van der Waals surface area contributed by atoms with Crippen molar-refractivity contribution in [3.05, 3.63) is 65.7 Å². The number of nitriles is 1. The van der Waals surface area contributed by atoms with E-state index in [4.69, 9.17) is 0 Å². The minimum atomic E-state index is -3.67. The summed E-state index contributed by atoms with van der Waals surface area (Å²) in [5, 5.41) is 9.18. The summed E-state index contributed by atoms with van der Waals surface area (Å²) in [4.78, 5) is 0.179. The number of benzene rings is 2. The molecular formula is C17H18N2O2S. The molecule has 5 heteroatoms. The summed E-state index contributed by atoms with van der Waals surface area (Å²) in [6, 6.07) is 17.5. The van der Waals surface area contributed by atoms with Crippen LogP contribution in [0.5, 0.6) is 0 Å². The van der Waals surface area contributed by atoms with Gasteiger partial charge < -0.3 is 0 Å². The lowest BCUT2D eigenvalue weighted by Gasteiger charge is -2.12. The van der Waals surface area contributed by atoms with Crippen LogP contribution in [0.25, 0.3) is 0 Å². The van der Waals surface area contributed by atoms with E-state index in [2.05, 4.69) is 4.72 Å². The Morgan fingerprint density at radius 2 is 1.73 bits per heavy atom. The second-order valence-electron chi connectivity index (χ2n) is 5.14. The average molecular weight is 314 g/mol. The molecule has 0 aliphatic heterocycles. The summed E-state index contributed by atoms with van der Waals surface area (Å²) in [5.41, 5.74) is 2.07. The van der Waals surface area contributed by atoms with Crippen molar-refractivity contribution in [2.45, 2.75) is 30.7 Å². The van der Waals surface area contributed by atoms with Crippen LogP contribution in [0.4, 0.5) is 0 Å². The zero-order valence-corrected chi connectivity index (χ0v) is 13.2. The van der Waals surface area contributed by atoms with Crippen LogP contribution in [0.2, 0.25) is 0 Å². The monoisotopic (exact) mass is 314 g/mol. The minimum Gasteiger partial charge on any atom is -0.207 e. The van der Waals surface area contributed by atoms with Crippen molar-refractivity contribution in [1.82, 2.24) is 4.72 Å². The highest BCUT2D eigenvalue weighted by molar-refractivity contribution is 7.89. The lowest BCUT2D eigenvalue weighted by molar-refractivity contribution is 0.564. The average Bonchev–Trinajstić information content (AvgIpc) is 2.52. The molecule has 4 nitrogen and oxygen atoms in total. The molecule has 2 aromatic rings. The molecule has 0 aliphatic rings. The van der Waals surface area contributed by atoms with Gasteiger partial charge in [0.15, 0.2) is 0 Å².